The number of sulfonamides is 1. The highest BCUT2D eigenvalue weighted by molar-refractivity contribution is 7.89. The van der Waals surface area contributed by atoms with Crippen LogP contribution in [0.4, 0.5) is 0 Å². The summed E-state index contributed by atoms with van der Waals surface area (Å²) in [6.07, 6.45) is 8.72. The number of nitrogens with zero attached hydrogens (tertiary/aromatic N) is 2. The number of hydrogen-bond donors (Lipinski definition) is 1. The van der Waals surface area contributed by atoms with Crippen molar-refractivity contribution in [3.05, 3.63) is 59.2 Å². The molecule has 43 heavy (non-hydrogen) atoms. The molecule has 0 radical (unpaired) electrons. The third kappa shape index (κ3) is 7.62. The number of ether oxygens (including phenoxy) is 2. The van der Waals surface area contributed by atoms with Gasteiger partial charge in [0.2, 0.25) is 15.9 Å². The second-order valence-electron chi connectivity index (χ2n) is 12.7. The maximum Gasteiger partial charge on any atom is 0.246 e. The highest BCUT2D eigenvalue weighted by Crippen LogP contribution is 2.41. The predicted molar refractivity (Wildman–Crippen MR) is 169 cm³/mol. The summed E-state index contributed by atoms with van der Waals surface area (Å²) >= 11 is 0. The third-order valence-corrected chi connectivity index (χ3v) is 12.0. The van der Waals surface area contributed by atoms with Crippen LogP contribution in [0.15, 0.2) is 47.4 Å². The summed E-state index contributed by atoms with van der Waals surface area (Å²) in [4.78, 5) is 15.7. The van der Waals surface area contributed by atoms with Crippen molar-refractivity contribution >= 4 is 15.9 Å². The maximum atomic E-state index is 13.6. The molecular formula is C34H49N3O5S. The lowest BCUT2D eigenvalue weighted by Crippen LogP contribution is -2.40. The average molecular weight is 612 g/mol. The van der Waals surface area contributed by atoms with E-state index in [1.165, 1.54) is 44.3 Å². The Hall–Kier alpha value is -2.46. The normalized spacial score (nSPS) is 24.2. The first kappa shape index (κ1) is 31.9. The van der Waals surface area contributed by atoms with Crippen LogP contribution < -0.4 is 10.1 Å². The fourth-order valence-electron chi connectivity index (χ4n) is 7.60. The molecule has 0 spiro atoms. The van der Waals surface area contributed by atoms with Crippen molar-refractivity contribution in [3.63, 3.8) is 0 Å². The third-order valence-electron chi connectivity index (χ3n) is 9.70. The monoisotopic (exact) mass is 611 g/mol. The molecule has 236 valence electrons. The number of rotatable bonds is 12. The van der Waals surface area contributed by atoms with Crippen LogP contribution in [0.25, 0.3) is 0 Å². The van der Waals surface area contributed by atoms with Gasteiger partial charge in [-0.2, -0.15) is 4.31 Å². The molecule has 1 saturated carbocycles. The SMILES string of the molecule is COc1cc(C)c(S(=O)(=O)N2CCCC2COCC(=O)NCC2CCC(C(c3ccccc3)N3CCCC3)CC2)c(C)c1. The molecule has 1 amide bonds. The highest BCUT2D eigenvalue weighted by Gasteiger charge is 2.37. The molecule has 2 saturated heterocycles. The van der Waals surface area contributed by atoms with Crippen molar-refractivity contribution in [2.24, 2.45) is 11.8 Å². The first-order valence-corrected chi connectivity index (χ1v) is 17.5. The van der Waals surface area contributed by atoms with E-state index in [0.29, 0.717) is 52.7 Å². The Morgan fingerprint density at radius 1 is 0.953 bits per heavy atom. The average Bonchev–Trinajstić information content (AvgIpc) is 3.70. The van der Waals surface area contributed by atoms with Crippen LogP contribution in [0.5, 0.6) is 5.75 Å². The van der Waals surface area contributed by atoms with Gasteiger partial charge in [-0.3, -0.25) is 9.69 Å². The van der Waals surface area contributed by atoms with Crippen LogP contribution in [0.1, 0.15) is 74.1 Å². The van der Waals surface area contributed by atoms with Crippen LogP contribution in [0, 0.1) is 25.7 Å². The van der Waals surface area contributed by atoms with E-state index in [4.69, 9.17) is 9.47 Å². The van der Waals surface area contributed by atoms with Crippen LogP contribution in [0.2, 0.25) is 0 Å². The molecule has 2 atom stereocenters. The molecule has 3 fully saturated rings. The fraction of sp³-hybridized carbons (Fsp3) is 0.618. The van der Waals surface area contributed by atoms with E-state index < -0.39 is 10.0 Å². The minimum atomic E-state index is -3.69. The lowest BCUT2D eigenvalue weighted by Gasteiger charge is -2.39. The molecule has 3 aliphatic rings. The fourth-order valence-corrected chi connectivity index (χ4v) is 9.70. The number of likely N-dealkylation sites (tertiary alicyclic amines) is 1. The second-order valence-corrected chi connectivity index (χ2v) is 14.5. The number of methoxy groups -OCH3 is 1. The van der Waals surface area contributed by atoms with Gasteiger partial charge in [0.25, 0.3) is 0 Å². The van der Waals surface area contributed by atoms with Crippen LogP contribution in [0.3, 0.4) is 0 Å². The Labute approximate surface area is 258 Å². The standard InChI is InChI=1S/C34H49N3O5S/c1-25-20-31(41-3)21-26(2)34(25)43(39,40)37-19-9-12-30(37)23-42-24-32(38)35-22-27-13-15-29(16-14-27)33(36-17-7-8-18-36)28-10-5-4-6-11-28/h4-6,10-11,20-21,27,29-30,33H,7-9,12-19,22-24H2,1-3H3,(H,35,38). The molecule has 2 heterocycles. The molecule has 0 bridgehead atoms. The zero-order valence-electron chi connectivity index (χ0n) is 26.1. The summed E-state index contributed by atoms with van der Waals surface area (Å²) < 4.78 is 39.9. The molecule has 1 N–H and O–H groups in total. The van der Waals surface area contributed by atoms with E-state index >= 15 is 0 Å². The van der Waals surface area contributed by atoms with Gasteiger partial charge in [0.05, 0.1) is 18.6 Å². The maximum absolute atomic E-state index is 13.6. The van der Waals surface area contributed by atoms with Crippen molar-refractivity contribution in [2.45, 2.75) is 82.2 Å². The number of carbonyl (C=O) groups excluding carboxylic acids is 1. The number of hydrogen-bond acceptors (Lipinski definition) is 6. The Morgan fingerprint density at radius 2 is 1.63 bits per heavy atom. The number of amides is 1. The van der Waals surface area contributed by atoms with E-state index in [2.05, 4.69) is 40.5 Å². The van der Waals surface area contributed by atoms with Crippen LogP contribution in [-0.2, 0) is 19.6 Å². The first-order chi connectivity index (χ1) is 20.8. The van der Waals surface area contributed by atoms with Gasteiger partial charge in [0, 0.05) is 25.2 Å². The molecule has 0 aromatic heterocycles. The van der Waals surface area contributed by atoms with Crippen molar-refractivity contribution < 1.29 is 22.7 Å². The molecular weight excluding hydrogens is 562 g/mol. The summed E-state index contributed by atoms with van der Waals surface area (Å²) in [6, 6.07) is 14.7. The zero-order valence-corrected chi connectivity index (χ0v) is 26.9. The van der Waals surface area contributed by atoms with E-state index in [0.717, 1.165) is 25.7 Å². The van der Waals surface area contributed by atoms with Gasteiger partial charge in [0.15, 0.2) is 0 Å². The second kappa shape index (κ2) is 14.5. The van der Waals surface area contributed by atoms with Gasteiger partial charge < -0.3 is 14.8 Å². The molecule has 9 heteroatoms. The summed E-state index contributed by atoms with van der Waals surface area (Å²) in [5.74, 6) is 1.66. The Balaban J connectivity index is 1.07. The van der Waals surface area contributed by atoms with Crippen LogP contribution >= 0.6 is 0 Å². The Bertz CT molecular complexity index is 1300. The number of nitrogens with one attached hydrogen (secondary N) is 1. The first-order valence-electron chi connectivity index (χ1n) is 16.1. The van der Waals surface area contributed by atoms with Crippen molar-refractivity contribution in [3.8, 4) is 5.75 Å². The Morgan fingerprint density at radius 3 is 2.28 bits per heavy atom. The van der Waals surface area contributed by atoms with Gasteiger partial charge in [-0.25, -0.2) is 8.42 Å². The van der Waals surface area contributed by atoms with Gasteiger partial charge in [-0.1, -0.05) is 30.3 Å². The largest absolute Gasteiger partial charge is 0.497 e. The highest BCUT2D eigenvalue weighted by atomic mass is 32.2. The van der Waals surface area contributed by atoms with Gasteiger partial charge >= 0.3 is 0 Å². The molecule has 5 rings (SSSR count). The molecule has 2 unspecified atom stereocenters. The number of benzene rings is 2. The minimum Gasteiger partial charge on any atom is -0.497 e. The van der Waals surface area contributed by atoms with Crippen LogP contribution in [-0.4, -0.2) is 76.1 Å². The van der Waals surface area contributed by atoms with Gasteiger partial charge in [0.1, 0.15) is 12.4 Å². The van der Waals surface area contributed by atoms with E-state index in [1.807, 2.05) is 0 Å². The van der Waals surface area contributed by atoms with Crippen molar-refractivity contribution in [1.29, 1.82) is 0 Å². The molecule has 2 aromatic rings. The summed E-state index contributed by atoms with van der Waals surface area (Å²) in [7, 11) is -2.11. The topological polar surface area (TPSA) is 88.2 Å². The zero-order chi connectivity index (χ0) is 30.4. The molecule has 2 aliphatic heterocycles. The minimum absolute atomic E-state index is 0.0502. The van der Waals surface area contributed by atoms with E-state index in [1.54, 1.807) is 37.4 Å². The number of carbonyl (C=O) groups is 1. The summed E-state index contributed by atoms with van der Waals surface area (Å²) in [5, 5.41) is 3.08. The molecule has 1 aliphatic carbocycles. The quantitative estimate of drug-likeness (QED) is 0.353. The summed E-state index contributed by atoms with van der Waals surface area (Å²) in [6.45, 7) is 7.29. The lowest BCUT2D eigenvalue weighted by atomic mass is 9.76. The predicted octanol–water partition coefficient (Wildman–Crippen LogP) is 5.24. The summed E-state index contributed by atoms with van der Waals surface area (Å²) in [5.41, 5.74) is 2.79. The van der Waals surface area contributed by atoms with Gasteiger partial charge in [-0.15, -0.1) is 0 Å². The van der Waals surface area contributed by atoms with Gasteiger partial charge in [-0.05, 0) is 119 Å². The van der Waals surface area contributed by atoms with E-state index in [9.17, 15) is 13.2 Å². The molecule has 8 nitrogen and oxygen atoms in total. The van der Waals surface area contributed by atoms with Crippen molar-refractivity contribution in [1.82, 2.24) is 14.5 Å². The Kier molecular flexibility index (Phi) is 10.8. The number of aryl methyl sites for hydroxylation is 2. The smallest absolute Gasteiger partial charge is 0.246 e. The lowest BCUT2D eigenvalue weighted by molar-refractivity contribution is -0.126. The molecule has 2 aromatic carbocycles. The van der Waals surface area contributed by atoms with E-state index in [-0.39, 0.29) is 25.2 Å². The van der Waals surface area contributed by atoms with Crippen molar-refractivity contribution in [2.75, 3.05) is 46.5 Å².